The first kappa shape index (κ1) is 14.2. The van der Waals surface area contributed by atoms with Crippen molar-refractivity contribution in [2.45, 2.75) is 19.4 Å². The molecule has 0 N–H and O–H groups in total. The Balaban J connectivity index is 2.40. The van der Waals surface area contributed by atoms with Crippen LogP contribution in [-0.2, 0) is 14.3 Å². The molecule has 1 aliphatic heterocycles. The summed E-state index contributed by atoms with van der Waals surface area (Å²) in [4.78, 5) is 25.3. The van der Waals surface area contributed by atoms with Crippen LogP contribution in [0.3, 0.4) is 0 Å². The van der Waals surface area contributed by atoms with Crippen molar-refractivity contribution >= 4 is 11.9 Å². The van der Waals surface area contributed by atoms with E-state index < -0.39 is 12.0 Å². The van der Waals surface area contributed by atoms with Crippen LogP contribution in [0.2, 0.25) is 0 Å². The predicted octanol–water partition coefficient (Wildman–Crippen LogP) is 2.22. The lowest BCUT2D eigenvalue weighted by atomic mass is 9.93. The number of hydrogen-bond donors (Lipinski definition) is 0. The minimum Gasteiger partial charge on any atom is -0.463 e. The van der Waals surface area contributed by atoms with Crippen LogP contribution in [0.5, 0.6) is 0 Å². The Labute approximate surface area is 116 Å². The first-order valence-corrected chi connectivity index (χ1v) is 6.43. The van der Waals surface area contributed by atoms with Crippen molar-refractivity contribution in [3.8, 4) is 0 Å². The highest BCUT2D eigenvalue weighted by molar-refractivity contribution is 5.94. The molecule has 0 bridgehead atoms. The average molecular weight is 277 g/mol. The van der Waals surface area contributed by atoms with Crippen molar-refractivity contribution < 1.29 is 18.7 Å². The number of benzene rings is 1. The minimum absolute atomic E-state index is 0.0904. The monoisotopic (exact) mass is 277 g/mol. The predicted molar refractivity (Wildman–Crippen MR) is 71.2 cm³/mol. The third-order valence-corrected chi connectivity index (χ3v) is 3.27. The Hall–Kier alpha value is -2.17. The second-order valence-electron chi connectivity index (χ2n) is 4.54. The molecule has 0 aromatic heterocycles. The van der Waals surface area contributed by atoms with Crippen LogP contribution >= 0.6 is 0 Å². The topological polar surface area (TPSA) is 46.6 Å². The number of rotatable bonds is 3. The molecule has 0 saturated heterocycles. The van der Waals surface area contributed by atoms with Crippen LogP contribution < -0.4 is 0 Å². The van der Waals surface area contributed by atoms with E-state index in [1.54, 1.807) is 32.2 Å². The van der Waals surface area contributed by atoms with E-state index in [0.717, 1.165) is 0 Å². The Kier molecular flexibility index (Phi) is 4.17. The molecule has 0 spiro atoms. The van der Waals surface area contributed by atoms with Crippen molar-refractivity contribution in [1.82, 2.24) is 4.90 Å². The number of halogens is 1. The van der Waals surface area contributed by atoms with Gasteiger partial charge in [0.1, 0.15) is 5.82 Å². The summed E-state index contributed by atoms with van der Waals surface area (Å²) in [6.07, 6.45) is 1.76. The first-order valence-electron chi connectivity index (χ1n) is 6.43. The van der Waals surface area contributed by atoms with Gasteiger partial charge in [0.25, 0.3) is 0 Å². The molecule has 1 unspecified atom stereocenters. The normalized spacial score (nSPS) is 18.8. The molecule has 1 aliphatic rings. The standard InChI is InChI=1S/C15H16FNO3/c1-3-20-15(19)12-8-9-13(18)17(2)14(12)10-4-6-11(16)7-5-10/h4-8,14H,3,9H2,1-2H3. The van der Waals surface area contributed by atoms with Gasteiger partial charge in [-0.3, -0.25) is 4.79 Å². The average Bonchev–Trinajstić information content (AvgIpc) is 2.43. The molecule has 4 nitrogen and oxygen atoms in total. The van der Waals surface area contributed by atoms with Crippen LogP contribution in [-0.4, -0.2) is 30.4 Å². The lowest BCUT2D eigenvalue weighted by Gasteiger charge is -2.32. The van der Waals surface area contributed by atoms with E-state index in [9.17, 15) is 14.0 Å². The number of nitrogens with zero attached hydrogens (tertiary/aromatic N) is 1. The van der Waals surface area contributed by atoms with E-state index in [0.29, 0.717) is 11.1 Å². The number of carbonyl (C=O) groups is 2. The van der Waals surface area contributed by atoms with Crippen molar-refractivity contribution in [1.29, 1.82) is 0 Å². The quantitative estimate of drug-likeness (QED) is 0.796. The molecule has 20 heavy (non-hydrogen) atoms. The van der Waals surface area contributed by atoms with Gasteiger partial charge in [0.2, 0.25) is 5.91 Å². The maximum absolute atomic E-state index is 13.0. The SMILES string of the molecule is CCOC(=O)C1=CCC(=O)N(C)C1c1ccc(F)cc1. The van der Waals surface area contributed by atoms with Gasteiger partial charge in [-0.15, -0.1) is 0 Å². The molecule has 1 aromatic rings. The van der Waals surface area contributed by atoms with Gasteiger partial charge in [-0.2, -0.15) is 0 Å². The van der Waals surface area contributed by atoms with Crippen molar-refractivity contribution in [2.24, 2.45) is 0 Å². The fourth-order valence-corrected chi connectivity index (χ4v) is 2.26. The zero-order valence-electron chi connectivity index (χ0n) is 11.4. The summed E-state index contributed by atoms with van der Waals surface area (Å²) in [6.45, 7) is 1.99. The minimum atomic E-state index is -0.532. The summed E-state index contributed by atoms with van der Waals surface area (Å²) in [6, 6.07) is 5.23. The molecule has 5 heteroatoms. The molecule has 1 amide bonds. The van der Waals surface area contributed by atoms with Crippen molar-refractivity contribution in [3.05, 3.63) is 47.3 Å². The van der Waals surface area contributed by atoms with Crippen molar-refractivity contribution in [3.63, 3.8) is 0 Å². The fraction of sp³-hybridized carbons (Fsp3) is 0.333. The second kappa shape index (κ2) is 5.86. The van der Waals surface area contributed by atoms with E-state index in [1.807, 2.05) is 0 Å². The van der Waals surface area contributed by atoms with Gasteiger partial charge < -0.3 is 9.64 Å². The number of esters is 1. The molecule has 106 valence electrons. The van der Waals surface area contributed by atoms with Crippen LogP contribution in [0.25, 0.3) is 0 Å². The fourth-order valence-electron chi connectivity index (χ4n) is 2.26. The number of carbonyl (C=O) groups excluding carboxylic acids is 2. The summed E-state index contributed by atoms with van der Waals surface area (Å²) in [5.41, 5.74) is 1.10. The van der Waals surface area contributed by atoms with E-state index in [4.69, 9.17) is 4.74 Å². The molecule has 1 atom stereocenters. The van der Waals surface area contributed by atoms with Gasteiger partial charge in [0, 0.05) is 13.5 Å². The van der Waals surface area contributed by atoms with Crippen LogP contribution in [0.1, 0.15) is 24.9 Å². The van der Waals surface area contributed by atoms with Gasteiger partial charge >= 0.3 is 5.97 Å². The van der Waals surface area contributed by atoms with Crippen LogP contribution in [0, 0.1) is 5.82 Å². The smallest absolute Gasteiger partial charge is 0.336 e. The maximum Gasteiger partial charge on any atom is 0.336 e. The lowest BCUT2D eigenvalue weighted by molar-refractivity contribution is -0.140. The molecular weight excluding hydrogens is 261 g/mol. The van der Waals surface area contributed by atoms with E-state index >= 15 is 0 Å². The number of ether oxygens (including phenoxy) is 1. The molecule has 0 radical (unpaired) electrons. The summed E-state index contributed by atoms with van der Waals surface area (Å²) < 4.78 is 18.0. The van der Waals surface area contributed by atoms with Gasteiger partial charge in [0.05, 0.1) is 18.2 Å². The van der Waals surface area contributed by atoms with Crippen LogP contribution in [0.15, 0.2) is 35.9 Å². The summed E-state index contributed by atoms with van der Waals surface area (Å²) in [7, 11) is 1.63. The Morgan fingerprint density at radius 3 is 2.65 bits per heavy atom. The number of amides is 1. The van der Waals surface area contributed by atoms with Gasteiger partial charge in [-0.25, -0.2) is 9.18 Å². The summed E-state index contributed by atoms with van der Waals surface area (Å²) >= 11 is 0. The highest BCUT2D eigenvalue weighted by Gasteiger charge is 2.33. The molecule has 1 heterocycles. The number of likely N-dealkylation sites (N-methyl/N-ethyl adjacent to an activating group) is 1. The maximum atomic E-state index is 13.0. The zero-order chi connectivity index (χ0) is 14.7. The second-order valence-corrected chi connectivity index (χ2v) is 4.54. The largest absolute Gasteiger partial charge is 0.463 e. The highest BCUT2D eigenvalue weighted by atomic mass is 19.1. The molecule has 0 fully saturated rings. The van der Waals surface area contributed by atoms with Gasteiger partial charge in [-0.05, 0) is 24.6 Å². The molecule has 1 aromatic carbocycles. The summed E-state index contributed by atoms with van der Waals surface area (Å²) in [5, 5.41) is 0. The van der Waals surface area contributed by atoms with Gasteiger partial charge in [-0.1, -0.05) is 18.2 Å². The third-order valence-electron chi connectivity index (χ3n) is 3.27. The lowest BCUT2D eigenvalue weighted by Crippen LogP contribution is -2.37. The summed E-state index contributed by atoms with van der Waals surface area (Å²) in [5.74, 6) is -0.895. The van der Waals surface area contributed by atoms with E-state index in [2.05, 4.69) is 0 Å². The highest BCUT2D eigenvalue weighted by Crippen LogP contribution is 2.32. The zero-order valence-corrected chi connectivity index (χ0v) is 11.4. The molecule has 0 saturated carbocycles. The Bertz CT molecular complexity index is 551. The third kappa shape index (κ3) is 2.71. The van der Waals surface area contributed by atoms with E-state index in [-0.39, 0.29) is 24.8 Å². The van der Waals surface area contributed by atoms with E-state index in [1.165, 1.54) is 17.0 Å². The molecular formula is C15H16FNO3. The molecule has 2 rings (SSSR count). The Morgan fingerprint density at radius 2 is 2.05 bits per heavy atom. The first-order chi connectivity index (χ1) is 9.54. The number of hydrogen-bond acceptors (Lipinski definition) is 3. The molecule has 0 aliphatic carbocycles. The van der Waals surface area contributed by atoms with Gasteiger partial charge in [0.15, 0.2) is 0 Å². The van der Waals surface area contributed by atoms with Crippen molar-refractivity contribution in [2.75, 3.05) is 13.7 Å². The Morgan fingerprint density at radius 1 is 1.40 bits per heavy atom. The van der Waals surface area contributed by atoms with Crippen LogP contribution in [0.4, 0.5) is 4.39 Å².